The molecular formula is C10H15N3O2S. The summed E-state index contributed by atoms with van der Waals surface area (Å²) in [6, 6.07) is 3.47. The summed E-state index contributed by atoms with van der Waals surface area (Å²) < 4.78 is 22.8. The van der Waals surface area contributed by atoms with Crippen LogP contribution in [0.3, 0.4) is 0 Å². The summed E-state index contributed by atoms with van der Waals surface area (Å²) in [4.78, 5) is 4.09. The topological polar surface area (TPSA) is 85.1 Å². The Morgan fingerprint density at radius 1 is 1.44 bits per heavy atom. The van der Waals surface area contributed by atoms with Crippen LogP contribution in [0.15, 0.2) is 18.3 Å². The number of nitrogens with one attached hydrogen (secondary N) is 1. The summed E-state index contributed by atoms with van der Waals surface area (Å²) in [7, 11) is -2.88. The fourth-order valence-corrected chi connectivity index (χ4v) is 3.47. The molecule has 1 unspecified atom stereocenters. The van der Waals surface area contributed by atoms with Gasteiger partial charge >= 0.3 is 0 Å². The smallest absolute Gasteiger partial charge is 0.152 e. The maximum Gasteiger partial charge on any atom is 0.152 e. The van der Waals surface area contributed by atoms with Gasteiger partial charge in [-0.2, -0.15) is 0 Å². The van der Waals surface area contributed by atoms with Crippen molar-refractivity contribution in [2.75, 3.05) is 22.6 Å². The van der Waals surface area contributed by atoms with Gasteiger partial charge in [-0.15, -0.1) is 0 Å². The Labute approximate surface area is 95.0 Å². The van der Waals surface area contributed by atoms with Gasteiger partial charge in [-0.1, -0.05) is 0 Å². The third-order valence-corrected chi connectivity index (χ3v) is 4.42. The molecule has 1 fully saturated rings. The third kappa shape index (κ3) is 2.85. The lowest BCUT2D eigenvalue weighted by atomic mass is 10.2. The van der Waals surface area contributed by atoms with Crippen molar-refractivity contribution in [3.05, 3.63) is 18.3 Å². The van der Waals surface area contributed by atoms with Gasteiger partial charge < -0.3 is 11.1 Å². The number of anilines is 2. The van der Waals surface area contributed by atoms with Gasteiger partial charge in [0, 0.05) is 6.04 Å². The molecule has 0 aliphatic carbocycles. The highest BCUT2D eigenvalue weighted by atomic mass is 32.2. The van der Waals surface area contributed by atoms with Crippen LogP contribution >= 0.6 is 0 Å². The summed E-state index contributed by atoms with van der Waals surface area (Å²) in [6.45, 7) is 0. The summed E-state index contributed by atoms with van der Waals surface area (Å²) in [5, 5.41) is 3.12. The minimum Gasteiger partial charge on any atom is -0.397 e. The van der Waals surface area contributed by atoms with E-state index in [0.717, 1.165) is 12.8 Å². The molecular weight excluding hydrogens is 226 g/mol. The van der Waals surface area contributed by atoms with Crippen LogP contribution in [0.1, 0.15) is 12.8 Å². The Bertz CT molecular complexity index is 455. The first-order chi connectivity index (χ1) is 7.55. The van der Waals surface area contributed by atoms with Crippen molar-refractivity contribution >= 4 is 21.3 Å². The monoisotopic (exact) mass is 241 g/mol. The first kappa shape index (κ1) is 11.2. The second kappa shape index (κ2) is 4.29. The van der Waals surface area contributed by atoms with E-state index in [0.29, 0.717) is 17.3 Å². The number of nitrogen functional groups attached to an aromatic ring is 1. The number of pyridine rings is 1. The third-order valence-electron chi connectivity index (χ3n) is 2.60. The molecule has 0 amide bonds. The number of hydrogen-bond donors (Lipinski definition) is 2. The molecule has 1 saturated heterocycles. The first-order valence-electron chi connectivity index (χ1n) is 5.24. The van der Waals surface area contributed by atoms with Crippen LogP contribution in [-0.2, 0) is 9.84 Å². The van der Waals surface area contributed by atoms with Gasteiger partial charge in [0.2, 0.25) is 0 Å². The summed E-state index contributed by atoms with van der Waals surface area (Å²) in [5.41, 5.74) is 6.12. The van der Waals surface area contributed by atoms with E-state index in [-0.39, 0.29) is 11.8 Å². The standard InChI is InChI=1S/C10H15N3O2S/c11-8-3-4-10(12-6-8)13-9-2-1-5-16(14,15)7-9/h3-4,6,9H,1-2,5,7,11H2,(H,12,13). The largest absolute Gasteiger partial charge is 0.397 e. The lowest BCUT2D eigenvalue weighted by Gasteiger charge is -2.23. The van der Waals surface area contributed by atoms with E-state index in [1.807, 2.05) is 0 Å². The van der Waals surface area contributed by atoms with Crippen molar-refractivity contribution < 1.29 is 8.42 Å². The molecule has 0 bridgehead atoms. The van der Waals surface area contributed by atoms with Crippen molar-refractivity contribution in [3.63, 3.8) is 0 Å². The van der Waals surface area contributed by atoms with E-state index < -0.39 is 9.84 Å². The highest BCUT2D eigenvalue weighted by Gasteiger charge is 2.24. The van der Waals surface area contributed by atoms with Crippen molar-refractivity contribution in [3.8, 4) is 0 Å². The second-order valence-electron chi connectivity index (χ2n) is 4.07. The van der Waals surface area contributed by atoms with Crippen LogP contribution in [-0.4, -0.2) is 30.9 Å². The maximum absolute atomic E-state index is 11.4. The summed E-state index contributed by atoms with van der Waals surface area (Å²) in [5.74, 6) is 1.18. The number of sulfone groups is 1. The quantitative estimate of drug-likeness (QED) is 0.794. The van der Waals surface area contributed by atoms with Crippen LogP contribution in [0.2, 0.25) is 0 Å². The summed E-state index contributed by atoms with van der Waals surface area (Å²) in [6.07, 6.45) is 3.14. The first-order valence-corrected chi connectivity index (χ1v) is 7.06. The van der Waals surface area contributed by atoms with Gasteiger partial charge in [-0.05, 0) is 25.0 Å². The Kier molecular flexibility index (Phi) is 3.00. The average Bonchev–Trinajstić information content (AvgIpc) is 2.20. The fourth-order valence-electron chi connectivity index (χ4n) is 1.84. The van der Waals surface area contributed by atoms with Crippen LogP contribution in [0.25, 0.3) is 0 Å². The lowest BCUT2D eigenvalue weighted by Crippen LogP contribution is -2.35. The van der Waals surface area contributed by atoms with Crippen molar-refractivity contribution in [1.29, 1.82) is 0 Å². The predicted octanol–water partition coefficient (Wildman–Crippen LogP) is 0.653. The molecule has 1 aromatic heterocycles. The van der Waals surface area contributed by atoms with Crippen molar-refractivity contribution in [2.24, 2.45) is 0 Å². The molecule has 3 N–H and O–H groups in total. The minimum absolute atomic E-state index is 0.0325. The number of rotatable bonds is 2. The second-order valence-corrected chi connectivity index (χ2v) is 6.30. The van der Waals surface area contributed by atoms with Gasteiger partial charge in [0.05, 0.1) is 23.4 Å². The van der Waals surface area contributed by atoms with Crippen LogP contribution < -0.4 is 11.1 Å². The molecule has 2 rings (SSSR count). The van der Waals surface area contributed by atoms with Gasteiger partial charge in [0.1, 0.15) is 5.82 Å². The molecule has 1 atom stereocenters. The molecule has 1 aliphatic rings. The molecule has 2 heterocycles. The Balaban J connectivity index is 2.02. The van der Waals surface area contributed by atoms with Crippen LogP contribution in [0, 0.1) is 0 Å². The van der Waals surface area contributed by atoms with E-state index >= 15 is 0 Å². The average molecular weight is 241 g/mol. The number of aromatic nitrogens is 1. The SMILES string of the molecule is Nc1ccc(NC2CCCS(=O)(=O)C2)nc1. The van der Waals surface area contributed by atoms with E-state index in [9.17, 15) is 8.42 Å². The molecule has 0 radical (unpaired) electrons. The number of hydrogen-bond acceptors (Lipinski definition) is 5. The molecule has 0 saturated carbocycles. The van der Waals surface area contributed by atoms with Gasteiger partial charge in [0.15, 0.2) is 9.84 Å². The van der Waals surface area contributed by atoms with Crippen molar-refractivity contribution in [2.45, 2.75) is 18.9 Å². The Morgan fingerprint density at radius 3 is 2.88 bits per heavy atom. The van der Waals surface area contributed by atoms with Gasteiger partial charge in [0.25, 0.3) is 0 Å². The molecule has 88 valence electrons. The predicted molar refractivity (Wildman–Crippen MR) is 63.9 cm³/mol. The highest BCUT2D eigenvalue weighted by Crippen LogP contribution is 2.16. The molecule has 0 spiro atoms. The highest BCUT2D eigenvalue weighted by molar-refractivity contribution is 7.91. The van der Waals surface area contributed by atoms with Gasteiger partial charge in [-0.3, -0.25) is 0 Å². The van der Waals surface area contributed by atoms with E-state index in [4.69, 9.17) is 5.73 Å². The minimum atomic E-state index is -2.88. The van der Waals surface area contributed by atoms with E-state index in [1.54, 1.807) is 18.3 Å². The zero-order valence-corrected chi connectivity index (χ0v) is 9.70. The zero-order valence-electron chi connectivity index (χ0n) is 8.89. The molecule has 5 nitrogen and oxygen atoms in total. The molecule has 1 aromatic rings. The van der Waals surface area contributed by atoms with Crippen molar-refractivity contribution in [1.82, 2.24) is 4.98 Å². The number of nitrogens with zero attached hydrogens (tertiary/aromatic N) is 1. The molecule has 6 heteroatoms. The number of nitrogens with two attached hydrogens (primary N) is 1. The van der Waals surface area contributed by atoms with Crippen LogP contribution in [0.4, 0.5) is 11.5 Å². The van der Waals surface area contributed by atoms with Crippen LogP contribution in [0.5, 0.6) is 0 Å². The maximum atomic E-state index is 11.4. The zero-order chi connectivity index (χ0) is 11.6. The van der Waals surface area contributed by atoms with E-state index in [2.05, 4.69) is 10.3 Å². The Hall–Kier alpha value is -1.30. The Morgan fingerprint density at radius 2 is 2.25 bits per heavy atom. The molecule has 16 heavy (non-hydrogen) atoms. The summed E-state index contributed by atoms with van der Waals surface area (Å²) >= 11 is 0. The molecule has 1 aliphatic heterocycles. The van der Waals surface area contributed by atoms with E-state index in [1.165, 1.54) is 0 Å². The van der Waals surface area contributed by atoms with Gasteiger partial charge in [-0.25, -0.2) is 13.4 Å². The lowest BCUT2D eigenvalue weighted by molar-refractivity contribution is 0.561. The normalized spacial score (nSPS) is 23.9. The molecule has 0 aromatic carbocycles. The fraction of sp³-hybridized carbons (Fsp3) is 0.500.